The normalized spacial score (nSPS) is 23.1. The van der Waals surface area contributed by atoms with Crippen LogP contribution in [0, 0.1) is 0 Å². The van der Waals surface area contributed by atoms with Crippen molar-refractivity contribution >= 4 is 21.6 Å². The number of benzene rings is 1. The number of hydrogen-bond acceptors (Lipinski definition) is 4. The zero-order valence-corrected chi connectivity index (χ0v) is 13.1. The molecule has 2 aliphatic rings. The number of anilines is 1. The van der Waals surface area contributed by atoms with Crippen molar-refractivity contribution in [1.29, 1.82) is 0 Å². The fraction of sp³-hybridized carbons (Fsp3) is 0.600. The summed E-state index contributed by atoms with van der Waals surface area (Å²) in [6.45, 7) is 3.31. The van der Waals surface area contributed by atoms with Gasteiger partial charge in [-0.3, -0.25) is 0 Å². The average Bonchev–Trinajstić information content (AvgIpc) is 3.30. The molecule has 1 aromatic carbocycles. The summed E-state index contributed by atoms with van der Waals surface area (Å²) in [6.07, 6.45) is 2.55. The number of hydrogen-bond donors (Lipinski definition) is 2. The Kier molecular flexibility index (Phi) is 4.61. The third-order valence-electron chi connectivity index (χ3n) is 3.90. The minimum absolute atomic E-state index is 0.0706. The molecule has 1 aliphatic heterocycles. The lowest BCUT2D eigenvalue weighted by Crippen LogP contribution is -2.44. The molecule has 1 unspecified atom stereocenters. The second-order valence-corrected chi connectivity index (χ2v) is 6.41. The summed E-state index contributed by atoms with van der Waals surface area (Å²) < 4.78 is 6.64. The molecule has 1 atom stereocenters. The fourth-order valence-electron chi connectivity index (χ4n) is 2.48. The Morgan fingerprint density at radius 1 is 1.40 bits per heavy atom. The number of halogens is 1. The van der Waals surface area contributed by atoms with E-state index in [2.05, 4.69) is 44.3 Å². The van der Waals surface area contributed by atoms with Crippen molar-refractivity contribution in [3.63, 3.8) is 0 Å². The van der Waals surface area contributed by atoms with Gasteiger partial charge in [-0.15, -0.1) is 0 Å². The molecule has 2 N–H and O–H groups in total. The van der Waals surface area contributed by atoms with Gasteiger partial charge in [-0.05, 0) is 30.5 Å². The first-order chi connectivity index (χ1) is 9.76. The second-order valence-electron chi connectivity index (χ2n) is 5.55. The molecule has 1 aromatic rings. The number of aliphatic hydroxyl groups is 1. The summed E-state index contributed by atoms with van der Waals surface area (Å²) in [5.74, 6) is 0. The Morgan fingerprint density at radius 3 is 2.95 bits per heavy atom. The molecule has 0 aromatic heterocycles. The van der Waals surface area contributed by atoms with Crippen molar-refractivity contribution in [2.75, 3.05) is 31.2 Å². The van der Waals surface area contributed by atoms with E-state index >= 15 is 0 Å². The largest absolute Gasteiger partial charge is 0.394 e. The first kappa shape index (κ1) is 14.3. The summed E-state index contributed by atoms with van der Waals surface area (Å²) in [7, 11) is 0. The molecule has 0 bridgehead atoms. The number of ether oxygens (including phenoxy) is 1. The highest BCUT2D eigenvalue weighted by molar-refractivity contribution is 9.10. The molecule has 1 saturated heterocycles. The molecule has 1 saturated carbocycles. The SMILES string of the molecule is OCC1CN(c2ccc(CNC3CC3)c(Br)c2)CCO1. The first-order valence-corrected chi connectivity index (χ1v) is 8.05. The van der Waals surface area contributed by atoms with Crippen LogP contribution in [0.2, 0.25) is 0 Å². The zero-order chi connectivity index (χ0) is 13.9. The molecule has 3 rings (SSSR count). The van der Waals surface area contributed by atoms with E-state index in [1.807, 2.05) is 0 Å². The van der Waals surface area contributed by atoms with Gasteiger partial charge < -0.3 is 20.1 Å². The number of rotatable bonds is 5. The van der Waals surface area contributed by atoms with Crippen molar-refractivity contribution in [1.82, 2.24) is 5.32 Å². The summed E-state index contributed by atoms with van der Waals surface area (Å²) in [6, 6.07) is 7.24. The fourth-order valence-corrected chi connectivity index (χ4v) is 2.99. The van der Waals surface area contributed by atoms with Crippen molar-refractivity contribution in [3.05, 3.63) is 28.2 Å². The number of nitrogens with zero attached hydrogens (tertiary/aromatic N) is 1. The molecular formula is C15H21BrN2O2. The van der Waals surface area contributed by atoms with E-state index < -0.39 is 0 Å². The lowest BCUT2D eigenvalue weighted by atomic mass is 10.1. The van der Waals surface area contributed by atoms with Gasteiger partial charge in [0.1, 0.15) is 0 Å². The van der Waals surface area contributed by atoms with Crippen molar-refractivity contribution in [2.45, 2.75) is 31.5 Å². The van der Waals surface area contributed by atoms with Crippen LogP contribution in [0.3, 0.4) is 0 Å². The predicted octanol–water partition coefficient (Wildman–Crippen LogP) is 1.90. The highest BCUT2D eigenvalue weighted by Crippen LogP contribution is 2.27. The highest BCUT2D eigenvalue weighted by Gasteiger charge is 2.22. The molecule has 1 aliphatic carbocycles. The molecule has 4 nitrogen and oxygen atoms in total. The quantitative estimate of drug-likeness (QED) is 0.859. The molecule has 0 radical (unpaired) electrons. The zero-order valence-electron chi connectivity index (χ0n) is 11.5. The number of nitrogens with one attached hydrogen (secondary N) is 1. The number of morpholine rings is 1. The van der Waals surface area contributed by atoms with Crippen LogP contribution >= 0.6 is 15.9 Å². The lowest BCUT2D eigenvalue weighted by molar-refractivity contribution is 0.00356. The van der Waals surface area contributed by atoms with E-state index in [0.717, 1.165) is 30.1 Å². The van der Waals surface area contributed by atoms with Gasteiger partial charge in [0.25, 0.3) is 0 Å². The van der Waals surface area contributed by atoms with Crippen LogP contribution in [0.25, 0.3) is 0 Å². The van der Waals surface area contributed by atoms with E-state index in [4.69, 9.17) is 4.74 Å². The molecule has 0 spiro atoms. The highest BCUT2D eigenvalue weighted by atomic mass is 79.9. The van der Waals surface area contributed by atoms with Gasteiger partial charge in [-0.2, -0.15) is 0 Å². The average molecular weight is 341 g/mol. The molecule has 5 heteroatoms. The molecule has 2 fully saturated rings. The van der Waals surface area contributed by atoms with Gasteiger partial charge >= 0.3 is 0 Å². The summed E-state index contributed by atoms with van der Waals surface area (Å²) in [5.41, 5.74) is 2.49. The Hall–Kier alpha value is -0.620. The third-order valence-corrected chi connectivity index (χ3v) is 4.64. The Balaban J connectivity index is 1.65. The van der Waals surface area contributed by atoms with Crippen LogP contribution in [0.15, 0.2) is 22.7 Å². The van der Waals surface area contributed by atoms with Gasteiger partial charge in [0.05, 0.1) is 19.3 Å². The summed E-state index contributed by atoms with van der Waals surface area (Å²) >= 11 is 3.67. The first-order valence-electron chi connectivity index (χ1n) is 7.25. The van der Waals surface area contributed by atoms with E-state index in [9.17, 15) is 5.11 Å². The summed E-state index contributed by atoms with van der Waals surface area (Å²) in [4.78, 5) is 2.27. The topological polar surface area (TPSA) is 44.7 Å². The van der Waals surface area contributed by atoms with E-state index in [0.29, 0.717) is 6.61 Å². The molecule has 20 heavy (non-hydrogen) atoms. The van der Waals surface area contributed by atoms with Crippen LogP contribution in [0.1, 0.15) is 18.4 Å². The van der Waals surface area contributed by atoms with Crippen LogP contribution in [0.5, 0.6) is 0 Å². The minimum Gasteiger partial charge on any atom is -0.394 e. The lowest BCUT2D eigenvalue weighted by Gasteiger charge is -2.34. The van der Waals surface area contributed by atoms with Crippen LogP contribution in [-0.2, 0) is 11.3 Å². The molecular weight excluding hydrogens is 320 g/mol. The smallest absolute Gasteiger partial charge is 0.0980 e. The van der Waals surface area contributed by atoms with Crippen molar-refractivity contribution < 1.29 is 9.84 Å². The van der Waals surface area contributed by atoms with Crippen molar-refractivity contribution in [3.8, 4) is 0 Å². The maximum absolute atomic E-state index is 9.21. The van der Waals surface area contributed by atoms with Gasteiger partial charge in [0.15, 0.2) is 0 Å². The van der Waals surface area contributed by atoms with Gasteiger partial charge in [-0.1, -0.05) is 22.0 Å². The van der Waals surface area contributed by atoms with Crippen LogP contribution in [-0.4, -0.2) is 43.6 Å². The second kappa shape index (κ2) is 6.43. The number of aliphatic hydroxyl groups excluding tert-OH is 1. The Morgan fingerprint density at radius 2 is 2.25 bits per heavy atom. The van der Waals surface area contributed by atoms with E-state index in [-0.39, 0.29) is 12.7 Å². The third kappa shape index (κ3) is 3.52. The molecule has 0 amide bonds. The predicted molar refractivity (Wildman–Crippen MR) is 83.0 cm³/mol. The van der Waals surface area contributed by atoms with E-state index in [1.54, 1.807) is 0 Å². The van der Waals surface area contributed by atoms with Crippen molar-refractivity contribution in [2.24, 2.45) is 0 Å². The molecule has 110 valence electrons. The van der Waals surface area contributed by atoms with Gasteiger partial charge in [-0.25, -0.2) is 0 Å². The van der Waals surface area contributed by atoms with E-state index in [1.165, 1.54) is 24.1 Å². The van der Waals surface area contributed by atoms with Gasteiger partial charge in [0.2, 0.25) is 0 Å². The Labute approximate surface area is 128 Å². The van der Waals surface area contributed by atoms with Crippen LogP contribution < -0.4 is 10.2 Å². The maximum Gasteiger partial charge on any atom is 0.0980 e. The Bertz CT molecular complexity index is 465. The molecule has 1 heterocycles. The monoisotopic (exact) mass is 340 g/mol. The maximum atomic E-state index is 9.21. The summed E-state index contributed by atoms with van der Waals surface area (Å²) in [5, 5.41) is 12.7. The standard InChI is InChI=1S/C15H21BrN2O2/c16-15-7-13(18-5-6-20-14(9-18)10-19)4-1-11(15)8-17-12-2-3-12/h1,4,7,12,14,17,19H,2-3,5-6,8-10H2. The van der Waals surface area contributed by atoms with Gasteiger partial charge in [0, 0.05) is 35.8 Å². The van der Waals surface area contributed by atoms with Crippen LogP contribution in [0.4, 0.5) is 5.69 Å². The minimum atomic E-state index is -0.0706.